The average Bonchev–Trinajstić information content (AvgIpc) is 3.03. The van der Waals surface area contributed by atoms with Gasteiger partial charge >= 0.3 is 12.3 Å². The van der Waals surface area contributed by atoms with E-state index in [0.29, 0.717) is 11.3 Å². The van der Waals surface area contributed by atoms with Gasteiger partial charge in [0.1, 0.15) is 12.0 Å². The number of halogens is 4. The lowest BCUT2D eigenvalue weighted by Crippen LogP contribution is -2.33. The van der Waals surface area contributed by atoms with E-state index in [4.69, 9.17) is 4.74 Å². The molecule has 1 atom stereocenters. The number of benzene rings is 2. The Labute approximate surface area is 169 Å². The maximum atomic E-state index is 13.0. The summed E-state index contributed by atoms with van der Waals surface area (Å²) in [5.74, 6) is -6.25. The van der Waals surface area contributed by atoms with Crippen LogP contribution in [0.2, 0.25) is 0 Å². The van der Waals surface area contributed by atoms with E-state index in [2.05, 4.69) is 4.18 Å². The number of ether oxygens (including phenoxy) is 1. The van der Waals surface area contributed by atoms with Gasteiger partial charge in [0.2, 0.25) is 12.0 Å². The first-order valence-corrected chi connectivity index (χ1v) is 9.95. The molecular weight excluding hydrogens is 430 g/mol. The smallest absolute Gasteiger partial charge is 0.331 e. The van der Waals surface area contributed by atoms with Crippen LogP contribution in [0.15, 0.2) is 71.8 Å². The summed E-state index contributed by atoms with van der Waals surface area (Å²) >= 11 is 0. The molecule has 1 fully saturated rings. The number of carbonyl (C=O) groups excluding carboxylic acids is 1. The second kappa shape index (κ2) is 8.44. The van der Waals surface area contributed by atoms with E-state index in [-0.39, 0.29) is 5.41 Å². The second-order valence-electron chi connectivity index (χ2n) is 6.19. The Kier molecular flexibility index (Phi) is 6.13. The van der Waals surface area contributed by atoms with Gasteiger partial charge in [-0.05, 0) is 12.1 Å². The van der Waals surface area contributed by atoms with Crippen molar-refractivity contribution in [2.75, 3.05) is 11.5 Å². The fourth-order valence-corrected chi connectivity index (χ4v) is 3.40. The van der Waals surface area contributed by atoms with E-state index >= 15 is 0 Å². The molecule has 2 aromatic carbocycles. The van der Waals surface area contributed by atoms with Gasteiger partial charge in [-0.25, -0.2) is 8.78 Å². The predicted octanol–water partition coefficient (Wildman–Crippen LogP) is 3.84. The highest BCUT2D eigenvalue weighted by Gasteiger charge is 2.44. The van der Waals surface area contributed by atoms with Crippen molar-refractivity contribution in [3.8, 4) is 0 Å². The van der Waals surface area contributed by atoms with E-state index in [1.54, 1.807) is 60.7 Å². The molecule has 1 aliphatic heterocycles. The van der Waals surface area contributed by atoms with Crippen LogP contribution in [0, 0.1) is 0 Å². The Bertz CT molecular complexity index is 1030. The van der Waals surface area contributed by atoms with Gasteiger partial charge in [-0.15, -0.1) is 0 Å². The SMILES string of the molecule is O=C1/C(=C\S(=O)(=O)OCC(F)(F)C(F)F)O[C@@H](c2ccccc2)N1c1ccccc1. The van der Waals surface area contributed by atoms with Gasteiger partial charge in [0.05, 0.1) is 0 Å². The fraction of sp³-hybridized carbons (Fsp3) is 0.211. The lowest BCUT2D eigenvalue weighted by atomic mass is 10.1. The standard InChI is InChI=1S/C19H15F4NO5S/c20-18(21)19(22,23)12-28-30(26,27)11-15-16(25)24(14-9-5-2-6-10-14)17(29-15)13-7-3-1-4-8-13/h1-11,17-18H,12H2/b15-11+/t17-/m0/s1. The van der Waals surface area contributed by atoms with E-state index < -0.39 is 47.0 Å². The van der Waals surface area contributed by atoms with Gasteiger partial charge < -0.3 is 4.74 Å². The van der Waals surface area contributed by atoms with Crippen molar-refractivity contribution >= 4 is 21.7 Å². The van der Waals surface area contributed by atoms with Gasteiger partial charge in [0.15, 0.2) is 0 Å². The molecule has 30 heavy (non-hydrogen) atoms. The number of anilines is 1. The maximum absolute atomic E-state index is 13.0. The molecule has 2 aromatic rings. The van der Waals surface area contributed by atoms with E-state index in [1.165, 1.54) is 4.90 Å². The molecule has 1 heterocycles. The van der Waals surface area contributed by atoms with Crippen molar-refractivity contribution < 1.29 is 39.7 Å². The van der Waals surface area contributed by atoms with Crippen LogP contribution in [-0.4, -0.2) is 33.3 Å². The summed E-state index contributed by atoms with van der Waals surface area (Å²) in [5, 5.41) is 0.204. The average molecular weight is 445 g/mol. The molecule has 11 heteroatoms. The molecule has 0 aromatic heterocycles. The van der Waals surface area contributed by atoms with Crippen LogP contribution in [0.3, 0.4) is 0 Å². The molecule has 6 nitrogen and oxygen atoms in total. The van der Waals surface area contributed by atoms with Gasteiger partial charge in [-0.2, -0.15) is 17.2 Å². The topological polar surface area (TPSA) is 72.9 Å². The van der Waals surface area contributed by atoms with Crippen LogP contribution in [-0.2, 0) is 23.8 Å². The number of para-hydroxylation sites is 1. The summed E-state index contributed by atoms with van der Waals surface area (Å²) < 4.78 is 83.7. The minimum Gasteiger partial charge on any atom is -0.459 e. The van der Waals surface area contributed by atoms with Crippen LogP contribution in [0.5, 0.6) is 0 Å². The van der Waals surface area contributed by atoms with Crippen molar-refractivity contribution in [1.29, 1.82) is 0 Å². The van der Waals surface area contributed by atoms with Crippen molar-refractivity contribution in [1.82, 2.24) is 0 Å². The third-order valence-electron chi connectivity index (χ3n) is 4.01. The number of alkyl halides is 4. The molecule has 0 bridgehead atoms. The summed E-state index contributed by atoms with van der Waals surface area (Å²) in [6, 6.07) is 16.6. The van der Waals surface area contributed by atoms with Crippen molar-refractivity contribution in [2.24, 2.45) is 0 Å². The Morgan fingerprint density at radius 3 is 2.20 bits per heavy atom. The molecule has 0 aliphatic carbocycles. The molecule has 1 aliphatic rings. The third kappa shape index (κ3) is 4.79. The second-order valence-corrected chi connectivity index (χ2v) is 7.65. The highest BCUT2D eigenvalue weighted by molar-refractivity contribution is 7.89. The summed E-state index contributed by atoms with van der Waals surface area (Å²) in [5.41, 5.74) is 0.906. The molecule has 1 amide bonds. The molecule has 0 unspecified atom stereocenters. The zero-order valence-corrected chi connectivity index (χ0v) is 15.9. The zero-order valence-electron chi connectivity index (χ0n) is 15.1. The Morgan fingerprint density at radius 2 is 1.63 bits per heavy atom. The third-order valence-corrected chi connectivity index (χ3v) is 4.96. The summed E-state index contributed by atoms with van der Waals surface area (Å²) in [7, 11) is -4.92. The summed E-state index contributed by atoms with van der Waals surface area (Å²) in [4.78, 5) is 14.0. The highest BCUT2D eigenvalue weighted by Crippen LogP contribution is 2.37. The lowest BCUT2D eigenvalue weighted by molar-refractivity contribution is -0.147. The van der Waals surface area contributed by atoms with Crippen LogP contribution in [0.1, 0.15) is 11.8 Å². The van der Waals surface area contributed by atoms with Gasteiger partial charge in [0.25, 0.3) is 16.0 Å². The molecule has 0 saturated carbocycles. The normalized spacial score (nSPS) is 18.8. The quantitative estimate of drug-likeness (QED) is 0.368. The first-order chi connectivity index (χ1) is 14.1. The molecule has 0 spiro atoms. The number of nitrogens with zero attached hydrogens (tertiary/aromatic N) is 1. The molecular formula is C19H15F4NO5S. The summed E-state index contributed by atoms with van der Waals surface area (Å²) in [6.07, 6.45) is -5.15. The summed E-state index contributed by atoms with van der Waals surface area (Å²) in [6.45, 7) is -2.07. The van der Waals surface area contributed by atoms with Crippen LogP contribution in [0.25, 0.3) is 0 Å². The number of rotatable bonds is 7. The molecule has 1 saturated heterocycles. The molecule has 0 radical (unpaired) electrons. The lowest BCUT2D eigenvalue weighted by Gasteiger charge is -2.22. The van der Waals surface area contributed by atoms with Gasteiger partial charge in [-0.3, -0.25) is 13.9 Å². The number of hydrogen-bond donors (Lipinski definition) is 0. The Hall–Kier alpha value is -2.92. The fourth-order valence-electron chi connectivity index (χ4n) is 2.59. The first kappa shape index (κ1) is 21.8. The highest BCUT2D eigenvalue weighted by atomic mass is 32.2. The monoisotopic (exact) mass is 445 g/mol. The molecule has 0 N–H and O–H groups in total. The van der Waals surface area contributed by atoms with E-state index in [0.717, 1.165) is 0 Å². The number of hydrogen-bond acceptors (Lipinski definition) is 5. The van der Waals surface area contributed by atoms with Gasteiger partial charge in [-0.1, -0.05) is 48.5 Å². The van der Waals surface area contributed by atoms with Crippen molar-refractivity contribution in [2.45, 2.75) is 18.6 Å². The Morgan fingerprint density at radius 1 is 1.07 bits per heavy atom. The maximum Gasteiger partial charge on any atom is 0.331 e. The molecule has 160 valence electrons. The Balaban J connectivity index is 1.91. The number of amides is 1. The predicted molar refractivity (Wildman–Crippen MR) is 98.1 cm³/mol. The van der Waals surface area contributed by atoms with Gasteiger partial charge in [0, 0.05) is 11.3 Å². The largest absolute Gasteiger partial charge is 0.459 e. The van der Waals surface area contributed by atoms with Crippen molar-refractivity contribution in [3.05, 3.63) is 77.4 Å². The zero-order chi connectivity index (χ0) is 21.9. The van der Waals surface area contributed by atoms with E-state index in [9.17, 15) is 30.8 Å². The number of carbonyl (C=O) groups is 1. The minimum absolute atomic E-state index is 0.204. The van der Waals surface area contributed by atoms with Crippen LogP contribution in [0.4, 0.5) is 23.2 Å². The van der Waals surface area contributed by atoms with Crippen molar-refractivity contribution in [3.63, 3.8) is 0 Å². The first-order valence-electron chi connectivity index (χ1n) is 8.48. The van der Waals surface area contributed by atoms with Crippen LogP contribution >= 0.6 is 0 Å². The van der Waals surface area contributed by atoms with Crippen LogP contribution < -0.4 is 4.90 Å². The molecule has 3 rings (SSSR count). The van der Waals surface area contributed by atoms with E-state index in [1.807, 2.05) is 0 Å². The minimum atomic E-state index is -4.92.